The van der Waals surface area contributed by atoms with E-state index < -0.39 is 0 Å². The molecule has 0 fully saturated rings. The van der Waals surface area contributed by atoms with Gasteiger partial charge in [-0.25, -0.2) is 9.97 Å². The number of pyridine rings is 1. The fourth-order valence-electron chi connectivity index (χ4n) is 2.92. The second-order valence-corrected chi connectivity index (χ2v) is 5.31. The molecule has 5 nitrogen and oxygen atoms in total. The van der Waals surface area contributed by atoms with E-state index >= 15 is 0 Å². The molecule has 4 rings (SSSR count). The number of fused-ring (bicyclic) bond motifs is 2. The minimum absolute atomic E-state index is 0.889. The topological polar surface area (TPSA) is 46.0 Å². The van der Waals surface area contributed by atoms with Gasteiger partial charge in [-0.2, -0.15) is 0 Å². The lowest BCUT2D eigenvalue weighted by Crippen LogP contribution is -2.25. The van der Waals surface area contributed by atoms with Gasteiger partial charge in [0, 0.05) is 38.6 Å². The number of imidazole rings is 1. The van der Waals surface area contributed by atoms with Crippen LogP contribution in [0.2, 0.25) is 0 Å². The minimum atomic E-state index is 0.889. The Morgan fingerprint density at radius 2 is 2.05 bits per heavy atom. The molecule has 5 heteroatoms. The highest BCUT2D eigenvalue weighted by Crippen LogP contribution is 2.32. The van der Waals surface area contributed by atoms with Crippen molar-refractivity contribution < 1.29 is 0 Å². The third kappa shape index (κ3) is 1.97. The largest absolute Gasteiger partial charge is 0.334 e. The summed E-state index contributed by atoms with van der Waals surface area (Å²) in [6.07, 6.45) is 3.71. The Balaban J connectivity index is 1.92. The molecule has 0 unspecified atom stereocenters. The van der Waals surface area contributed by atoms with Crippen LogP contribution in [0.5, 0.6) is 0 Å². The number of nitrogens with one attached hydrogen (secondary N) is 1. The van der Waals surface area contributed by atoms with Crippen LogP contribution in [0.15, 0.2) is 42.9 Å². The SMILES string of the molecule is Cn1cnc2c(N3CCNCc4ccccc43)nccc21. The number of aromatic nitrogens is 3. The molecule has 0 atom stereocenters. The van der Waals surface area contributed by atoms with Gasteiger partial charge in [0.05, 0.1) is 11.8 Å². The summed E-state index contributed by atoms with van der Waals surface area (Å²) in [6, 6.07) is 10.5. The minimum Gasteiger partial charge on any atom is -0.334 e. The maximum atomic E-state index is 4.61. The van der Waals surface area contributed by atoms with E-state index in [1.54, 1.807) is 0 Å². The Labute approximate surface area is 123 Å². The number of anilines is 2. The van der Waals surface area contributed by atoms with Crippen molar-refractivity contribution >= 4 is 22.5 Å². The zero-order valence-corrected chi connectivity index (χ0v) is 12.0. The van der Waals surface area contributed by atoms with Crippen molar-refractivity contribution in [2.24, 2.45) is 7.05 Å². The maximum absolute atomic E-state index is 4.61. The molecule has 0 amide bonds. The molecule has 1 N–H and O–H groups in total. The highest BCUT2D eigenvalue weighted by atomic mass is 15.2. The smallest absolute Gasteiger partial charge is 0.161 e. The van der Waals surface area contributed by atoms with Gasteiger partial charge in [0.2, 0.25) is 0 Å². The molecule has 0 saturated heterocycles. The van der Waals surface area contributed by atoms with Gasteiger partial charge in [-0.05, 0) is 17.7 Å². The molecule has 3 heterocycles. The number of rotatable bonds is 1. The number of para-hydroxylation sites is 1. The van der Waals surface area contributed by atoms with Crippen LogP contribution in [-0.2, 0) is 13.6 Å². The normalized spacial score (nSPS) is 15.0. The number of nitrogens with zero attached hydrogens (tertiary/aromatic N) is 4. The van der Waals surface area contributed by atoms with Gasteiger partial charge >= 0.3 is 0 Å². The predicted octanol–water partition coefficient (Wildman–Crippen LogP) is 2.21. The van der Waals surface area contributed by atoms with Gasteiger partial charge in [-0.15, -0.1) is 0 Å². The van der Waals surface area contributed by atoms with E-state index in [-0.39, 0.29) is 0 Å². The van der Waals surface area contributed by atoms with Crippen molar-refractivity contribution in [1.82, 2.24) is 19.9 Å². The van der Waals surface area contributed by atoms with Crippen LogP contribution in [0.25, 0.3) is 11.0 Å². The first-order valence-electron chi connectivity index (χ1n) is 7.17. The van der Waals surface area contributed by atoms with E-state index in [0.717, 1.165) is 36.5 Å². The number of hydrogen-bond donors (Lipinski definition) is 1. The lowest BCUT2D eigenvalue weighted by Gasteiger charge is -2.23. The predicted molar refractivity (Wildman–Crippen MR) is 83.7 cm³/mol. The zero-order valence-electron chi connectivity index (χ0n) is 12.0. The summed E-state index contributed by atoms with van der Waals surface area (Å²) in [7, 11) is 2.01. The number of hydrogen-bond acceptors (Lipinski definition) is 4. The van der Waals surface area contributed by atoms with Gasteiger partial charge in [0.25, 0.3) is 0 Å². The standard InChI is InChI=1S/C16H17N5/c1-20-11-19-15-14(20)6-7-18-16(15)21-9-8-17-10-12-4-2-3-5-13(12)21/h2-7,11,17H,8-10H2,1H3. The molecule has 0 aliphatic carbocycles. The quantitative estimate of drug-likeness (QED) is 0.742. The Kier molecular flexibility index (Phi) is 2.86. The Morgan fingerprint density at radius 1 is 1.14 bits per heavy atom. The third-order valence-electron chi connectivity index (χ3n) is 3.99. The fraction of sp³-hybridized carbons (Fsp3) is 0.250. The van der Waals surface area contributed by atoms with Crippen LogP contribution in [0.3, 0.4) is 0 Å². The molecule has 0 spiro atoms. The van der Waals surface area contributed by atoms with E-state index in [4.69, 9.17) is 0 Å². The third-order valence-corrected chi connectivity index (χ3v) is 3.99. The molecule has 1 aliphatic heterocycles. The molecule has 3 aromatic rings. The van der Waals surface area contributed by atoms with Crippen molar-refractivity contribution in [3.63, 3.8) is 0 Å². The molecule has 1 aromatic carbocycles. The summed E-state index contributed by atoms with van der Waals surface area (Å²) in [5, 5.41) is 3.46. The van der Waals surface area contributed by atoms with Crippen LogP contribution in [0, 0.1) is 0 Å². The second-order valence-electron chi connectivity index (χ2n) is 5.31. The van der Waals surface area contributed by atoms with Crippen molar-refractivity contribution in [3.05, 3.63) is 48.4 Å². The molecule has 1 aliphatic rings. The summed E-state index contributed by atoms with van der Waals surface area (Å²) in [6.45, 7) is 2.71. The van der Waals surface area contributed by atoms with Crippen molar-refractivity contribution in [2.45, 2.75) is 6.54 Å². The lowest BCUT2D eigenvalue weighted by atomic mass is 10.1. The first-order chi connectivity index (χ1) is 10.3. The van der Waals surface area contributed by atoms with E-state index in [1.165, 1.54) is 11.3 Å². The van der Waals surface area contributed by atoms with Gasteiger partial charge < -0.3 is 14.8 Å². The average molecular weight is 279 g/mol. The fourth-order valence-corrected chi connectivity index (χ4v) is 2.92. The molecular weight excluding hydrogens is 262 g/mol. The van der Waals surface area contributed by atoms with Gasteiger partial charge in [-0.3, -0.25) is 0 Å². The van der Waals surface area contributed by atoms with Crippen LogP contribution in [0.1, 0.15) is 5.56 Å². The maximum Gasteiger partial charge on any atom is 0.161 e. The number of aryl methyl sites for hydroxylation is 1. The van der Waals surface area contributed by atoms with Crippen LogP contribution in [-0.4, -0.2) is 27.6 Å². The van der Waals surface area contributed by atoms with E-state index in [0.29, 0.717) is 0 Å². The van der Waals surface area contributed by atoms with E-state index in [9.17, 15) is 0 Å². The van der Waals surface area contributed by atoms with Gasteiger partial charge in [0.1, 0.15) is 5.52 Å². The van der Waals surface area contributed by atoms with Crippen LogP contribution < -0.4 is 10.2 Å². The van der Waals surface area contributed by atoms with E-state index in [1.807, 2.05) is 30.2 Å². The molecule has 21 heavy (non-hydrogen) atoms. The molecule has 106 valence electrons. The summed E-state index contributed by atoms with van der Waals surface area (Å²) in [5.74, 6) is 0.934. The van der Waals surface area contributed by atoms with Crippen molar-refractivity contribution in [3.8, 4) is 0 Å². The zero-order chi connectivity index (χ0) is 14.2. The monoisotopic (exact) mass is 279 g/mol. The first-order valence-corrected chi connectivity index (χ1v) is 7.17. The summed E-state index contributed by atoms with van der Waals surface area (Å²) >= 11 is 0. The molecular formula is C16H17N5. The average Bonchev–Trinajstić information content (AvgIpc) is 2.78. The summed E-state index contributed by atoms with van der Waals surface area (Å²) in [5.41, 5.74) is 4.57. The molecule has 2 aromatic heterocycles. The molecule has 0 saturated carbocycles. The second kappa shape index (κ2) is 4.86. The van der Waals surface area contributed by atoms with Crippen LogP contribution in [0.4, 0.5) is 11.5 Å². The molecule has 0 radical (unpaired) electrons. The Bertz CT molecular complexity index is 792. The van der Waals surface area contributed by atoms with Crippen molar-refractivity contribution in [1.29, 1.82) is 0 Å². The van der Waals surface area contributed by atoms with Gasteiger partial charge in [-0.1, -0.05) is 18.2 Å². The summed E-state index contributed by atoms with van der Waals surface area (Å²) in [4.78, 5) is 11.4. The lowest BCUT2D eigenvalue weighted by molar-refractivity contribution is 0.711. The van der Waals surface area contributed by atoms with Gasteiger partial charge in [0.15, 0.2) is 5.82 Å². The van der Waals surface area contributed by atoms with Crippen molar-refractivity contribution in [2.75, 3.05) is 18.0 Å². The number of benzene rings is 1. The highest BCUT2D eigenvalue weighted by Gasteiger charge is 2.20. The first kappa shape index (κ1) is 12.3. The Hall–Kier alpha value is -2.40. The molecule has 0 bridgehead atoms. The van der Waals surface area contributed by atoms with E-state index in [2.05, 4.69) is 44.5 Å². The van der Waals surface area contributed by atoms with Crippen LogP contribution >= 0.6 is 0 Å². The highest BCUT2D eigenvalue weighted by molar-refractivity contribution is 5.89. The Morgan fingerprint density at radius 3 is 3.00 bits per heavy atom. The summed E-state index contributed by atoms with van der Waals surface area (Å²) < 4.78 is 2.03.